The molecule has 0 aliphatic heterocycles. The minimum absolute atomic E-state index is 0.154. The summed E-state index contributed by atoms with van der Waals surface area (Å²) in [5.74, 6) is -0.121. The largest absolute Gasteiger partial charge is 0.417 e. The number of pyridine rings is 1. The molecule has 7 nitrogen and oxygen atoms in total. The van der Waals surface area contributed by atoms with Gasteiger partial charge < -0.3 is 9.88 Å². The van der Waals surface area contributed by atoms with E-state index in [9.17, 15) is 18.0 Å². The van der Waals surface area contributed by atoms with Crippen LogP contribution in [0.2, 0.25) is 0 Å². The lowest BCUT2D eigenvalue weighted by Crippen LogP contribution is -2.35. The summed E-state index contributed by atoms with van der Waals surface area (Å²) in [6.45, 7) is 4.07. The maximum atomic E-state index is 12.6. The number of amides is 1. The Morgan fingerprint density at radius 3 is 2.67 bits per heavy atom. The molecule has 0 aliphatic carbocycles. The monoisotopic (exact) mass is 378 g/mol. The van der Waals surface area contributed by atoms with Gasteiger partial charge in [-0.2, -0.15) is 18.3 Å². The number of carbonyl (C=O) groups excluding carboxylic acids is 1. The zero-order chi connectivity index (χ0) is 19.6. The van der Waals surface area contributed by atoms with Crippen LogP contribution in [0.4, 0.5) is 13.2 Å². The third-order valence-corrected chi connectivity index (χ3v) is 3.97. The zero-order valence-electron chi connectivity index (χ0n) is 14.6. The fraction of sp³-hybridized carbons (Fsp3) is 0.294. The van der Waals surface area contributed by atoms with Crippen molar-refractivity contribution in [2.45, 2.75) is 32.6 Å². The summed E-state index contributed by atoms with van der Waals surface area (Å²) < 4.78 is 41.1. The molecular formula is C17H17F3N6O. The van der Waals surface area contributed by atoms with E-state index in [1.807, 2.05) is 11.5 Å². The Morgan fingerprint density at radius 1 is 1.30 bits per heavy atom. The molecule has 0 saturated heterocycles. The summed E-state index contributed by atoms with van der Waals surface area (Å²) in [4.78, 5) is 20.2. The summed E-state index contributed by atoms with van der Waals surface area (Å²) in [5, 5.41) is 6.94. The Kier molecular flexibility index (Phi) is 4.98. The second-order valence-electron chi connectivity index (χ2n) is 6.09. The Morgan fingerprint density at radius 2 is 2.07 bits per heavy atom. The van der Waals surface area contributed by atoms with E-state index in [1.54, 1.807) is 25.6 Å². The molecule has 10 heteroatoms. The van der Waals surface area contributed by atoms with Crippen LogP contribution in [0.5, 0.6) is 0 Å². The molecular weight excluding hydrogens is 361 g/mol. The molecule has 1 N–H and O–H groups in total. The lowest BCUT2D eigenvalue weighted by Gasteiger charge is -2.14. The van der Waals surface area contributed by atoms with Gasteiger partial charge in [0.2, 0.25) is 0 Å². The van der Waals surface area contributed by atoms with Gasteiger partial charge >= 0.3 is 6.18 Å². The first-order valence-corrected chi connectivity index (χ1v) is 8.10. The fourth-order valence-corrected chi connectivity index (χ4v) is 2.60. The van der Waals surface area contributed by atoms with Crippen LogP contribution in [-0.4, -0.2) is 36.3 Å². The van der Waals surface area contributed by atoms with Gasteiger partial charge in [0, 0.05) is 31.2 Å². The maximum Gasteiger partial charge on any atom is 0.417 e. The van der Waals surface area contributed by atoms with E-state index in [1.165, 1.54) is 16.9 Å². The topological polar surface area (TPSA) is 77.6 Å². The number of imidazole rings is 1. The molecule has 3 aromatic rings. The fourth-order valence-electron chi connectivity index (χ4n) is 2.60. The number of rotatable bonds is 5. The van der Waals surface area contributed by atoms with Gasteiger partial charge in [0.25, 0.3) is 5.91 Å². The van der Waals surface area contributed by atoms with Crippen molar-refractivity contribution in [2.75, 3.05) is 0 Å². The van der Waals surface area contributed by atoms with Crippen LogP contribution < -0.4 is 5.32 Å². The minimum atomic E-state index is -4.46. The third-order valence-electron chi connectivity index (χ3n) is 3.97. The quantitative estimate of drug-likeness (QED) is 0.740. The Hall–Kier alpha value is -3.17. The predicted molar refractivity (Wildman–Crippen MR) is 90.3 cm³/mol. The SMILES string of the molecule is Cc1c(C(=O)N[C@@H](C)Cn2ccnc2)cnn1-c1ccc(C(F)(F)F)cn1. The molecule has 142 valence electrons. The molecule has 1 amide bonds. The van der Waals surface area contributed by atoms with Gasteiger partial charge in [0.05, 0.1) is 29.3 Å². The van der Waals surface area contributed by atoms with E-state index in [-0.39, 0.29) is 17.8 Å². The van der Waals surface area contributed by atoms with Crippen molar-refractivity contribution in [3.63, 3.8) is 0 Å². The van der Waals surface area contributed by atoms with Crippen LogP contribution in [0.3, 0.4) is 0 Å². The molecule has 3 aromatic heterocycles. The molecule has 0 saturated carbocycles. The Bertz CT molecular complexity index is 915. The zero-order valence-corrected chi connectivity index (χ0v) is 14.6. The van der Waals surface area contributed by atoms with Crippen molar-refractivity contribution in [1.82, 2.24) is 29.6 Å². The van der Waals surface area contributed by atoms with E-state index in [0.717, 1.165) is 12.3 Å². The predicted octanol–water partition coefficient (Wildman–Crippen LogP) is 2.61. The summed E-state index contributed by atoms with van der Waals surface area (Å²) in [5.41, 5.74) is -0.0360. The second kappa shape index (κ2) is 7.22. The van der Waals surface area contributed by atoms with Gasteiger partial charge in [-0.3, -0.25) is 4.79 Å². The van der Waals surface area contributed by atoms with Crippen molar-refractivity contribution < 1.29 is 18.0 Å². The molecule has 0 aliphatic rings. The van der Waals surface area contributed by atoms with Crippen LogP contribution in [0.15, 0.2) is 43.2 Å². The normalized spacial score (nSPS) is 12.8. The van der Waals surface area contributed by atoms with Crippen LogP contribution in [-0.2, 0) is 12.7 Å². The van der Waals surface area contributed by atoms with Crippen LogP contribution in [0, 0.1) is 6.92 Å². The highest BCUT2D eigenvalue weighted by Gasteiger charge is 2.30. The average Bonchev–Trinajstić information content (AvgIpc) is 3.23. The molecule has 3 heterocycles. The number of alkyl halides is 3. The van der Waals surface area contributed by atoms with Gasteiger partial charge in [-0.25, -0.2) is 14.6 Å². The highest BCUT2D eigenvalue weighted by Crippen LogP contribution is 2.28. The first kappa shape index (κ1) is 18.6. The van der Waals surface area contributed by atoms with Gasteiger partial charge in [-0.15, -0.1) is 0 Å². The smallest absolute Gasteiger partial charge is 0.348 e. The second-order valence-corrected chi connectivity index (χ2v) is 6.09. The van der Waals surface area contributed by atoms with Gasteiger partial charge in [-0.1, -0.05) is 0 Å². The number of hydrogen-bond acceptors (Lipinski definition) is 4. The maximum absolute atomic E-state index is 12.6. The number of aromatic nitrogens is 5. The summed E-state index contributed by atoms with van der Waals surface area (Å²) in [7, 11) is 0. The molecule has 0 aromatic carbocycles. The van der Waals surface area contributed by atoms with E-state index < -0.39 is 11.7 Å². The first-order valence-electron chi connectivity index (χ1n) is 8.10. The van der Waals surface area contributed by atoms with Crippen LogP contribution in [0.25, 0.3) is 5.82 Å². The van der Waals surface area contributed by atoms with E-state index in [2.05, 4.69) is 20.4 Å². The molecule has 0 spiro atoms. The average molecular weight is 378 g/mol. The molecule has 3 rings (SSSR count). The summed E-state index contributed by atoms with van der Waals surface area (Å²) >= 11 is 0. The molecule has 27 heavy (non-hydrogen) atoms. The summed E-state index contributed by atoms with van der Waals surface area (Å²) in [6, 6.07) is 1.99. The number of hydrogen-bond donors (Lipinski definition) is 1. The summed E-state index contributed by atoms with van der Waals surface area (Å²) in [6.07, 6.45) is 2.75. The van der Waals surface area contributed by atoms with Gasteiger partial charge in [0.1, 0.15) is 0 Å². The van der Waals surface area contributed by atoms with Crippen LogP contribution in [0.1, 0.15) is 28.5 Å². The van der Waals surface area contributed by atoms with Crippen molar-refractivity contribution in [1.29, 1.82) is 0 Å². The van der Waals surface area contributed by atoms with Crippen molar-refractivity contribution in [3.05, 3.63) is 60.1 Å². The van der Waals surface area contributed by atoms with Gasteiger partial charge in [-0.05, 0) is 26.0 Å². The molecule has 0 bridgehead atoms. The lowest BCUT2D eigenvalue weighted by molar-refractivity contribution is -0.137. The number of nitrogens with zero attached hydrogens (tertiary/aromatic N) is 5. The standard InChI is InChI=1S/C17H17F3N6O/c1-11(9-25-6-5-21-10-25)24-16(27)14-8-23-26(12(14)2)15-4-3-13(7-22-15)17(18,19)20/h3-8,10-11H,9H2,1-2H3,(H,24,27)/t11-/m0/s1. The van der Waals surface area contributed by atoms with Crippen molar-refractivity contribution in [2.24, 2.45) is 0 Å². The highest BCUT2D eigenvalue weighted by atomic mass is 19.4. The Labute approximate surface area is 152 Å². The minimum Gasteiger partial charge on any atom is -0.348 e. The van der Waals surface area contributed by atoms with E-state index in [0.29, 0.717) is 17.8 Å². The van der Waals surface area contributed by atoms with Gasteiger partial charge in [0.15, 0.2) is 5.82 Å². The molecule has 0 fully saturated rings. The molecule has 0 radical (unpaired) electrons. The van der Waals surface area contributed by atoms with E-state index >= 15 is 0 Å². The molecule has 0 unspecified atom stereocenters. The Balaban J connectivity index is 1.73. The highest BCUT2D eigenvalue weighted by molar-refractivity contribution is 5.95. The molecule has 1 atom stereocenters. The van der Waals surface area contributed by atoms with E-state index in [4.69, 9.17) is 0 Å². The third kappa shape index (κ3) is 4.15. The number of halogens is 3. The van der Waals surface area contributed by atoms with Crippen molar-refractivity contribution >= 4 is 5.91 Å². The van der Waals surface area contributed by atoms with Crippen molar-refractivity contribution in [3.8, 4) is 5.82 Å². The first-order chi connectivity index (χ1) is 12.8. The number of nitrogens with one attached hydrogen (secondary N) is 1. The van der Waals surface area contributed by atoms with Crippen LogP contribution >= 0.6 is 0 Å². The number of carbonyl (C=O) groups is 1. The lowest BCUT2D eigenvalue weighted by atomic mass is 10.2.